The third-order valence-corrected chi connectivity index (χ3v) is 4.38. The number of urea groups is 1. The van der Waals surface area contributed by atoms with Gasteiger partial charge in [0, 0.05) is 11.6 Å². The van der Waals surface area contributed by atoms with Crippen LogP contribution in [0.4, 0.5) is 4.79 Å². The molecule has 0 bridgehead atoms. The van der Waals surface area contributed by atoms with Crippen molar-refractivity contribution in [2.45, 2.75) is 70.9 Å². The zero-order valence-corrected chi connectivity index (χ0v) is 12.2. The second-order valence-electron chi connectivity index (χ2n) is 5.70. The highest BCUT2D eigenvalue weighted by Crippen LogP contribution is 2.24. The second-order valence-corrected chi connectivity index (χ2v) is 5.70. The number of hydrogen-bond acceptors (Lipinski definition) is 2. The molecule has 2 atom stereocenters. The van der Waals surface area contributed by atoms with E-state index in [-0.39, 0.29) is 17.6 Å². The summed E-state index contributed by atoms with van der Waals surface area (Å²) in [5.41, 5.74) is -0.225. The van der Waals surface area contributed by atoms with Crippen LogP contribution < -0.4 is 10.6 Å². The molecule has 0 aliphatic heterocycles. The number of carboxylic acids is 1. The van der Waals surface area contributed by atoms with Gasteiger partial charge in [-0.3, -0.25) is 4.79 Å². The first kappa shape index (κ1) is 15.8. The molecule has 5 nitrogen and oxygen atoms in total. The molecule has 0 spiro atoms. The van der Waals surface area contributed by atoms with E-state index in [1.807, 2.05) is 20.8 Å². The van der Waals surface area contributed by atoms with Crippen LogP contribution in [0.5, 0.6) is 0 Å². The number of amides is 2. The summed E-state index contributed by atoms with van der Waals surface area (Å²) in [5, 5.41) is 15.0. The lowest BCUT2D eigenvalue weighted by atomic mass is 9.84. The van der Waals surface area contributed by atoms with E-state index in [1.165, 1.54) is 0 Å². The SMILES string of the molecule is CCC(C)(CC)NC(=O)NC1CCCCC1C(=O)O. The zero-order valence-electron chi connectivity index (χ0n) is 12.2. The van der Waals surface area contributed by atoms with Crippen LogP contribution in [0.3, 0.4) is 0 Å². The molecule has 110 valence electrons. The number of rotatable bonds is 5. The summed E-state index contributed by atoms with van der Waals surface area (Å²) < 4.78 is 0. The van der Waals surface area contributed by atoms with Gasteiger partial charge in [-0.15, -0.1) is 0 Å². The van der Waals surface area contributed by atoms with Gasteiger partial charge in [0.05, 0.1) is 5.92 Å². The van der Waals surface area contributed by atoms with Crippen LogP contribution >= 0.6 is 0 Å². The molecule has 19 heavy (non-hydrogen) atoms. The van der Waals surface area contributed by atoms with Gasteiger partial charge in [0.25, 0.3) is 0 Å². The summed E-state index contributed by atoms with van der Waals surface area (Å²) in [6.07, 6.45) is 5.01. The number of carbonyl (C=O) groups is 2. The third-order valence-electron chi connectivity index (χ3n) is 4.38. The molecule has 2 unspecified atom stereocenters. The van der Waals surface area contributed by atoms with Crippen LogP contribution in [0.1, 0.15) is 59.3 Å². The lowest BCUT2D eigenvalue weighted by molar-refractivity contribution is -0.143. The Morgan fingerprint density at radius 2 is 1.79 bits per heavy atom. The zero-order chi connectivity index (χ0) is 14.5. The first-order chi connectivity index (χ1) is 8.91. The summed E-state index contributed by atoms with van der Waals surface area (Å²) in [7, 11) is 0. The van der Waals surface area contributed by atoms with Gasteiger partial charge in [0.2, 0.25) is 0 Å². The summed E-state index contributed by atoms with van der Waals surface area (Å²) >= 11 is 0. The van der Waals surface area contributed by atoms with Gasteiger partial charge in [-0.05, 0) is 32.6 Å². The van der Waals surface area contributed by atoms with E-state index in [1.54, 1.807) is 0 Å². The molecule has 0 heterocycles. The van der Waals surface area contributed by atoms with Crippen LogP contribution in [0.25, 0.3) is 0 Å². The fourth-order valence-corrected chi connectivity index (χ4v) is 2.50. The van der Waals surface area contributed by atoms with Crippen LogP contribution in [0.15, 0.2) is 0 Å². The molecule has 0 aromatic carbocycles. The first-order valence-electron chi connectivity index (χ1n) is 7.23. The Balaban J connectivity index is 2.57. The van der Waals surface area contributed by atoms with E-state index in [2.05, 4.69) is 10.6 Å². The Kier molecular flexibility index (Phi) is 5.63. The van der Waals surface area contributed by atoms with Crippen LogP contribution in [0, 0.1) is 5.92 Å². The fourth-order valence-electron chi connectivity index (χ4n) is 2.50. The number of hydrogen-bond donors (Lipinski definition) is 3. The smallest absolute Gasteiger partial charge is 0.315 e. The fraction of sp³-hybridized carbons (Fsp3) is 0.857. The average Bonchev–Trinajstić information content (AvgIpc) is 2.38. The van der Waals surface area contributed by atoms with Gasteiger partial charge in [0.15, 0.2) is 0 Å². The van der Waals surface area contributed by atoms with E-state index >= 15 is 0 Å². The van der Waals surface area contributed by atoms with Crippen molar-refractivity contribution in [3.05, 3.63) is 0 Å². The Morgan fingerprint density at radius 3 is 2.32 bits per heavy atom. The Labute approximate surface area is 115 Å². The molecule has 1 fully saturated rings. The number of nitrogens with one attached hydrogen (secondary N) is 2. The topological polar surface area (TPSA) is 78.4 Å². The quantitative estimate of drug-likeness (QED) is 0.718. The molecular weight excluding hydrogens is 244 g/mol. The molecule has 1 aliphatic carbocycles. The molecule has 5 heteroatoms. The predicted molar refractivity (Wildman–Crippen MR) is 74.0 cm³/mol. The van der Waals surface area contributed by atoms with Crippen molar-refractivity contribution < 1.29 is 14.7 Å². The van der Waals surface area contributed by atoms with Crippen LogP contribution in [-0.2, 0) is 4.79 Å². The minimum Gasteiger partial charge on any atom is -0.481 e. The average molecular weight is 270 g/mol. The molecule has 3 N–H and O–H groups in total. The van der Waals surface area contributed by atoms with Gasteiger partial charge in [-0.25, -0.2) is 4.79 Å². The summed E-state index contributed by atoms with van der Waals surface area (Å²) in [5.74, 6) is -1.26. The molecule has 0 radical (unpaired) electrons. The van der Waals surface area contributed by atoms with Gasteiger partial charge in [-0.1, -0.05) is 26.7 Å². The van der Waals surface area contributed by atoms with Crippen molar-refractivity contribution in [1.29, 1.82) is 0 Å². The summed E-state index contributed by atoms with van der Waals surface area (Å²) in [4.78, 5) is 23.2. The van der Waals surface area contributed by atoms with E-state index in [0.29, 0.717) is 6.42 Å². The number of aliphatic carboxylic acids is 1. The van der Waals surface area contributed by atoms with E-state index in [4.69, 9.17) is 0 Å². The van der Waals surface area contributed by atoms with Gasteiger partial charge in [-0.2, -0.15) is 0 Å². The normalized spacial score (nSPS) is 23.7. The molecule has 1 aliphatic rings. The largest absolute Gasteiger partial charge is 0.481 e. The Bertz CT molecular complexity index is 327. The van der Waals surface area contributed by atoms with Crippen LogP contribution in [0.2, 0.25) is 0 Å². The van der Waals surface area contributed by atoms with Crippen molar-refractivity contribution >= 4 is 12.0 Å². The minimum atomic E-state index is -0.807. The maximum atomic E-state index is 12.0. The van der Waals surface area contributed by atoms with Crippen molar-refractivity contribution in [3.8, 4) is 0 Å². The second kappa shape index (κ2) is 6.78. The maximum absolute atomic E-state index is 12.0. The first-order valence-corrected chi connectivity index (χ1v) is 7.23. The van der Waals surface area contributed by atoms with Gasteiger partial charge in [0.1, 0.15) is 0 Å². The van der Waals surface area contributed by atoms with E-state index in [9.17, 15) is 14.7 Å². The number of carboxylic acid groups (broad SMARTS) is 1. The number of carbonyl (C=O) groups excluding carboxylic acids is 1. The van der Waals surface area contributed by atoms with Gasteiger partial charge < -0.3 is 15.7 Å². The highest BCUT2D eigenvalue weighted by Gasteiger charge is 2.32. The summed E-state index contributed by atoms with van der Waals surface area (Å²) in [6, 6.07) is -0.492. The van der Waals surface area contributed by atoms with Gasteiger partial charge >= 0.3 is 12.0 Å². The highest BCUT2D eigenvalue weighted by atomic mass is 16.4. The molecule has 0 saturated heterocycles. The van der Waals surface area contributed by atoms with Crippen LogP contribution in [-0.4, -0.2) is 28.7 Å². The standard InChI is InChI=1S/C14H26N2O3/c1-4-14(3,5-2)16-13(19)15-11-9-7-6-8-10(11)12(17)18/h10-11H,4-9H2,1-3H3,(H,17,18)(H2,15,16,19). The predicted octanol–water partition coefficient (Wildman–Crippen LogP) is 2.51. The molecular formula is C14H26N2O3. The molecule has 1 saturated carbocycles. The molecule has 0 aromatic rings. The van der Waals surface area contributed by atoms with Crippen molar-refractivity contribution in [3.63, 3.8) is 0 Å². The Morgan fingerprint density at radius 1 is 1.21 bits per heavy atom. The molecule has 2 amide bonds. The monoisotopic (exact) mass is 270 g/mol. The van der Waals surface area contributed by atoms with Crippen molar-refractivity contribution in [2.75, 3.05) is 0 Å². The lowest BCUT2D eigenvalue weighted by Crippen LogP contribution is -2.54. The molecule has 0 aromatic heterocycles. The van der Waals surface area contributed by atoms with E-state index < -0.39 is 11.9 Å². The lowest BCUT2D eigenvalue weighted by Gasteiger charge is -2.33. The van der Waals surface area contributed by atoms with E-state index in [0.717, 1.165) is 32.1 Å². The Hall–Kier alpha value is -1.26. The third kappa shape index (κ3) is 4.40. The highest BCUT2D eigenvalue weighted by molar-refractivity contribution is 5.77. The molecule has 1 rings (SSSR count). The van der Waals surface area contributed by atoms with Crippen molar-refractivity contribution in [1.82, 2.24) is 10.6 Å². The van der Waals surface area contributed by atoms with Crippen molar-refractivity contribution in [2.24, 2.45) is 5.92 Å². The summed E-state index contributed by atoms with van der Waals surface area (Å²) in [6.45, 7) is 6.07. The maximum Gasteiger partial charge on any atom is 0.315 e. The minimum absolute atomic E-state index is 0.225.